The fourth-order valence-corrected chi connectivity index (χ4v) is 1.76. The van der Waals surface area contributed by atoms with Gasteiger partial charge in [0.25, 0.3) is 0 Å². The maximum atomic E-state index is 11.4. The van der Waals surface area contributed by atoms with Gasteiger partial charge in [0.1, 0.15) is 11.6 Å². The highest BCUT2D eigenvalue weighted by atomic mass is 16.4. The van der Waals surface area contributed by atoms with Gasteiger partial charge in [-0.15, -0.1) is 0 Å². The van der Waals surface area contributed by atoms with Crippen molar-refractivity contribution >= 4 is 17.6 Å². The monoisotopic (exact) mass is 262 g/mol. The van der Waals surface area contributed by atoms with Gasteiger partial charge in [-0.3, -0.25) is 4.79 Å². The number of hydrogen-bond acceptors (Lipinski definition) is 4. The van der Waals surface area contributed by atoms with Crippen LogP contribution in [-0.2, 0) is 9.59 Å². The van der Waals surface area contributed by atoms with Crippen LogP contribution in [0, 0.1) is 11.3 Å². The molecule has 0 aliphatic carbocycles. The first-order valence-electron chi connectivity index (χ1n) is 5.51. The Morgan fingerprint density at radius 3 is 2.42 bits per heavy atom. The van der Waals surface area contributed by atoms with E-state index in [2.05, 4.69) is 0 Å². The van der Waals surface area contributed by atoms with Gasteiger partial charge in [0.05, 0.1) is 17.7 Å². The van der Waals surface area contributed by atoms with Crippen molar-refractivity contribution in [3.8, 4) is 6.07 Å². The Morgan fingerprint density at radius 1 is 1.37 bits per heavy atom. The van der Waals surface area contributed by atoms with Crippen LogP contribution in [0.25, 0.3) is 0 Å². The van der Waals surface area contributed by atoms with Crippen molar-refractivity contribution in [1.82, 2.24) is 0 Å². The van der Waals surface area contributed by atoms with Gasteiger partial charge in [0.15, 0.2) is 0 Å². The molecule has 0 radical (unpaired) electrons. The molecule has 2 N–H and O–H groups in total. The molecular formula is C13H14N2O4. The lowest BCUT2D eigenvalue weighted by molar-refractivity contribution is -0.149. The second-order valence-electron chi connectivity index (χ2n) is 4.34. The summed E-state index contributed by atoms with van der Waals surface area (Å²) >= 11 is 0. The number of carboxylic acids is 2. The molecule has 0 aliphatic heterocycles. The number of benzene rings is 1. The highest BCUT2D eigenvalue weighted by Gasteiger charge is 2.40. The van der Waals surface area contributed by atoms with Crippen LogP contribution in [0.3, 0.4) is 0 Å². The minimum atomic E-state index is -1.63. The van der Waals surface area contributed by atoms with E-state index >= 15 is 0 Å². The molecule has 0 saturated heterocycles. The topological polar surface area (TPSA) is 102 Å². The molecule has 100 valence electrons. The Kier molecular flexibility index (Phi) is 4.12. The lowest BCUT2D eigenvalue weighted by atomic mass is 9.94. The quantitative estimate of drug-likeness (QED) is 0.829. The predicted molar refractivity (Wildman–Crippen MR) is 67.9 cm³/mol. The van der Waals surface area contributed by atoms with Crippen LogP contribution in [0.4, 0.5) is 5.69 Å². The van der Waals surface area contributed by atoms with E-state index in [0.29, 0.717) is 11.3 Å². The third kappa shape index (κ3) is 2.83. The summed E-state index contributed by atoms with van der Waals surface area (Å²) < 4.78 is 0. The molecule has 1 rings (SSSR count). The number of likely N-dealkylation sites (N-methyl/N-ethyl adjacent to an activating group) is 1. The van der Waals surface area contributed by atoms with E-state index in [9.17, 15) is 14.7 Å². The summed E-state index contributed by atoms with van der Waals surface area (Å²) in [7, 11) is 1.47. The molecule has 0 bridgehead atoms. The molecule has 6 nitrogen and oxygen atoms in total. The summed E-state index contributed by atoms with van der Waals surface area (Å²) in [5.41, 5.74) is -0.947. The third-order valence-electron chi connectivity index (χ3n) is 3.08. The molecule has 0 spiro atoms. The number of rotatable bonds is 5. The van der Waals surface area contributed by atoms with Gasteiger partial charge in [-0.25, -0.2) is 4.79 Å². The van der Waals surface area contributed by atoms with Crippen LogP contribution >= 0.6 is 0 Å². The molecule has 0 saturated carbocycles. The van der Waals surface area contributed by atoms with Gasteiger partial charge >= 0.3 is 11.9 Å². The number of aliphatic carboxylic acids is 2. The minimum Gasteiger partial charge on any atom is -0.481 e. The fraction of sp³-hybridized carbons (Fsp3) is 0.308. The van der Waals surface area contributed by atoms with Crippen molar-refractivity contribution in [2.75, 3.05) is 11.9 Å². The van der Waals surface area contributed by atoms with Crippen LogP contribution < -0.4 is 4.90 Å². The Morgan fingerprint density at radius 2 is 1.95 bits per heavy atom. The maximum absolute atomic E-state index is 11.4. The molecule has 0 aromatic heterocycles. The Bertz CT molecular complexity index is 550. The van der Waals surface area contributed by atoms with E-state index < -0.39 is 23.9 Å². The largest absolute Gasteiger partial charge is 0.481 e. The Hall–Kier alpha value is -2.55. The predicted octanol–water partition coefficient (Wildman–Crippen LogP) is 1.31. The van der Waals surface area contributed by atoms with E-state index in [-0.39, 0.29) is 0 Å². The number of carbonyl (C=O) groups is 2. The highest BCUT2D eigenvalue weighted by Crippen LogP contribution is 2.28. The number of nitriles is 1. The smallest absolute Gasteiger partial charge is 0.329 e. The van der Waals surface area contributed by atoms with Crippen LogP contribution in [0.2, 0.25) is 0 Å². The fourth-order valence-electron chi connectivity index (χ4n) is 1.76. The Labute approximate surface area is 110 Å². The summed E-state index contributed by atoms with van der Waals surface area (Å²) in [6, 6.07) is 8.41. The van der Waals surface area contributed by atoms with Crippen molar-refractivity contribution in [2.24, 2.45) is 0 Å². The normalized spacial score (nSPS) is 13.1. The van der Waals surface area contributed by atoms with Gasteiger partial charge in [-0.05, 0) is 19.1 Å². The van der Waals surface area contributed by atoms with Crippen LogP contribution in [0.15, 0.2) is 24.3 Å². The molecule has 0 fully saturated rings. The second-order valence-corrected chi connectivity index (χ2v) is 4.34. The average molecular weight is 262 g/mol. The number of nitrogens with zero attached hydrogens (tertiary/aromatic N) is 2. The lowest BCUT2D eigenvalue weighted by Crippen LogP contribution is -2.52. The van der Waals surface area contributed by atoms with Crippen LogP contribution in [0.5, 0.6) is 0 Å². The Balaban J connectivity index is 3.28. The van der Waals surface area contributed by atoms with Crippen LogP contribution in [-0.4, -0.2) is 34.7 Å². The van der Waals surface area contributed by atoms with E-state index in [4.69, 9.17) is 10.4 Å². The molecule has 1 aromatic rings. The molecule has 1 atom stereocenters. The SMILES string of the molecule is CN(c1ccccc1C#N)[C@](C)(CC(=O)O)C(=O)O. The first-order chi connectivity index (χ1) is 8.82. The standard InChI is InChI=1S/C13H14N2O4/c1-13(12(18)19,7-11(16)17)15(2)10-6-4-3-5-9(10)8-14/h3-6H,7H2,1-2H3,(H,16,17)(H,18,19)/t13-/m1/s1. The zero-order chi connectivity index (χ0) is 14.6. The zero-order valence-electron chi connectivity index (χ0n) is 10.6. The summed E-state index contributed by atoms with van der Waals surface area (Å²) in [6.45, 7) is 1.32. The van der Waals surface area contributed by atoms with Crippen LogP contribution in [0.1, 0.15) is 18.9 Å². The average Bonchev–Trinajstić information content (AvgIpc) is 2.36. The van der Waals surface area contributed by atoms with Crippen molar-refractivity contribution in [3.63, 3.8) is 0 Å². The maximum Gasteiger partial charge on any atom is 0.329 e. The molecule has 0 unspecified atom stereocenters. The molecule has 19 heavy (non-hydrogen) atoms. The van der Waals surface area contributed by atoms with Crippen molar-refractivity contribution in [2.45, 2.75) is 18.9 Å². The molecule has 0 heterocycles. The molecular weight excluding hydrogens is 248 g/mol. The minimum absolute atomic E-state index is 0.294. The number of hydrogen-bond donors (Lipinski definition) is 2. The van der Waals surface area contributed by atoms with Crippen molar-refractivity contribution in [3.05, 3.63) is 29.8 Å². The van der Waals surface area contributed by atoms with Crippen molar-refractivity contribution in [1.29, 1.82) is 5.26 Å². The van der Waals surface area contributed by atoms with Crippen molar-refractivity contribution < 1.29 is 19.8 Å². The number of para-hydroxylation sites is 1. The molecule has 0 aliphatic rings. The second kappa shape index (κ2) is 5.40. The van der Waals surface area contributed by atoms with Gasteiger partial charge < -0.3 is 15.1 Å². The van der Waals surface area contributed by atoms with Gasteiger partial charge in [0, 0.05) is 7.05 Å². The summed E-state index contributed by atoms with van der Waals surface area (Å²) in [4.78, 5) is 23.5. The highest BCUT2D eigenvalue weighted by molar-refractivity contribution is 5.88. The zero-order valence-corrected chi connectivity index (χ0v) is 10.6. The number of carboxylic acid groups (broad SMARTS) is 2. The van der Waals surface area contributed by atoms with Gasteiger partial charge in [-0.1, -0.05) is 12.1 Å². The summed E-state index contributed by atoms with van der Waals surface area (Å²) in [6.07, 6.45) is -0.571. The third-order valence-corrected chi connectivity index (χ3v) is 3.08. The van der Waals surface area contributed by atoms with E-state index in [1.807, 2.05) is 6.07 Å². The lowest BCUT2D eigenvalue weighted by Gasteiger charge is -2.36. The van der Waals surface area contributed by atoms with E-state index in [0.717, 1.165) is 0 Å². The number of anilines is 1. The molecule has 6 heteroatoms. The summed E-state index contributed by atoms with van der Waals surface area (Å²) in [5, 5.41) is 27.2. The molecule has 0 amide bonds. The van der Waals surface area contributed by atoms with Gasteiger partial charge in [0.2, 0.25) is 0 Å². The first-order valence-corrected chi connectivity index (χ1v) is 5.51. The van der Waals surface area contributed by atoms with Gasteiger partial charge in [-0.2, -0.15) is 5.26 Å². The summed E-state index contributed by atoms with van der Waals surface area (Å²) in [5.74, 6) is -2.48. The van der Waals surface area contributed by atoms with E-state index in [1.54, 1.807) is 24.3 Å². The molecule has 1 aromatic carbocycles. The van der Waals surface area contributed by atoms with E-state index in [1.165, 1.54) is 18.9 Å². The first kappa shape index (κ1) is 14.5.